The van der Waals surface area contributed by atoms with Gasteiger partial charge in [0.15, 0.2) is 5.13 Å². The Labute approximate surface area is 177 Å². The van der Waals surface area contributed by atoms with Crippen LogP contribution in [0.5, 0.6) is 11.5 Å². The van der Waals surface area contributed by atoms with Crippen molar-refractivity contribution in [3.05, 3.63) is 78.4 Å². The molecule has 30 heavy (non-hydrogen) atoms. The zero-order valence-corrected chi connectivity index (χ0v) is 17.5. The molecular formula is C21H17N3O4S2. The number of carbonyl (C=O) groups is 1. The number of nitrogens with zero attached hydrogens (tertiary/aromatic N) is 1. The normalized spacial score (nSPS) is 11.4. The molecule has 3 aromatic carbocycles. The molecule has 0 aliphatic carbocycles. The third-order valence-electron chi connectivity index (χ3n) is 4.23. The van der Waals surface area contributed by atoms with Crippen LogP contribution in [0, 0.1) is 0 Å². The number of ether oxygens (including phenoxy) is 1. The van der Waals surface area contributed by atoms with Crippen LogP contribution in [0.25, 0.3) is 10.2 Å². The summed E-state index contributed by atoms with van der Waals surface area (Å²) < 4.78 is 32.8. The van der Waals surface area contributed by atoms with E-state index in [0.29, 0.717) is 10.9 Å². The van der Waals surface area contributed by atoms with Crippen molar-refractivity contribution in [1.82, 2.24) is 9.71 Å². The molecule has 9 heteroatoms. The highest BCUT2D eigenvalue weighted by atomic mass is 32.2. The lowest BCUT2D eigenvalue weighted by atomic mass is 10.2. The molecule has 0 saturated carbocycles. The fraction of sp³-hybridized carbons (Fsp3) is 0.0476. The molecule has 0 bridgehead atoms. The first-order valence-electron chi connectivity index (χ1n) is 8.93. The predicted octanol–water partition coefficient (Wildman–Crippen LogP) is 4.25. The minimum Gasteiger partial charge on any atom is -0.457 e. The molecule has 4 aromatic rings. The van der Waals surface area contributed by atoms with Gasteiger partial charge in [0.2, 0.25) is 10.0 Å². The number of hydrogen-bond donors (Lipinski definition) is 2. The second-order valence-electron chi connectivity index (χ2n) is 6.25. The van der Waals surface area contributed by atoms with Crippen molar-refractivity contribution in [3.63, 3.8) is 0 Å². The number of thiazole rings is 1. The molecule has 7 nitrogen and oxygen atoms in total. The minimum absolute atomic E-state index is 0.0182. The molecule has 0 saturated heterocycles. The van der Waals surface area contributed by atoms with Crippen LogP contribution in [0.2, 0.25) is 0 Å². The van der Waals surface area contributed by atoms with Gasteiger partial charge in [-0.2, -0.15) is 0 Å². The number of sulfonamides is 1. The number of hydrogen-bond acceptors (Lipinski definition) is 6. The first kappa shape index (κ1) is 20.0. The second-order valence-corrected chi connectivity index (χ2v) is 9.17. The Morgan fingerprint density at radius 2 is 1.77 bits per heavy atom. The summed E-state index contributed by atoms with van der Waals surface area (Å²) in [5.74, 6) is 0.953. The van der Waals surface area contributed by atoms with Gasteiger partial charge in [0.25, 0.3) is 5.91 Å². The summed E-state index contributed by atoms with van der Waals surface area (Å²) in [5.41, 5.74) is 0.945. The highest BCUT2D eigenvalue weighted by molar-refractivity contribution is 7.89. The SMILES string of the molecule is CNS(=O)(=O)c1cccc(C(=O)Nc2nc3ccc(Oc4ccccc4)cc3s2)c1. The third kappa shape index (κ3) is 4.33. The number of para-hydroxylation sites is 1. The van der Waals surface area contributed by atoms with Gasteiger partial charge < -0.3 is 4.74 Å². The smallest absolute Gasteiger partial charge is 0.257 e. The number of anilines is 1. The summed E-state index contributed by atoms with van der Waals surface area (Å²) in [6, 6.07) is 20.7. The van der Waals surface area contributed by atoms with E-state index in [0.717, 1.165) is 16.0 Å². The van der Waals surface area contributed by atoms with Gasteiger partial charge in [0.1, 0.15) is 11.5 Å². The quantitative estimate of drug-likeness (QED) is 0.468. The van der Waals surface area contributed by atoms with Crippen molar-refractivity contribution < 1.29 is 17.9 Å². The number of fused-ring (bicyclic) bond motifs is 1. The van der Waals surface area contributed by atoms with E-state index < -0.39 is 15.9 Å². The standard InChI is InChI=1S/C21H17N3O4S2/c1-22-30(26,27)17-9-5-6-14(12-17)20(25)24-21-23-18-11-10-16(13-19(18)29-21)28-15-7-3-2-4-8-15/h2-13,22H,1H3,(H,23,24,25). The van der Waals surface area contributed by atoms with Crippen molar-refractivity contribution in [2.24, 2.45) is 0 Å². The van der Waals surface area contributed by atoms with Crippen LogP contribution < -0.4 is 14.8 Å². The summed E-state index contributed by atoms with van der Waals surface area (Å²) >= 11 is 1.31. The number of rotatable bonds is 6. The zero-order valence-electron chi connectivity index (χ0n) is 15.8. The summed E-state index contributed by atoms with van der Waals surface area (Å²) in [6.45, 7) is 0. The molecule has 1 amide bonds. The number of aromatic nitrogens is 1. The number of benzene rings is 3. The Balaban J connectivity index is 1.54. The molecular weight excluding hydrogens is 422 g/mol. The predicted molar refractivity (Wildman–Crippen MR) is 117 cm³/mol. The first-order valence-corrected chi connectivity index (χ1v) is 11.2. The van der Waals surface area contributed by atoms with Crippen molar-refractivity contribution in [3.8, 4) is 11.5 Å². The summed E-state index contributed by atoms with van der Waals surface area (Å²) in [7, 11) is -2.32. The van der Waals surface area contributed by atoms with Crippen LogP contribution >= 0.6 is 11.3 Å². The largest absolute Gasteiger partial charge is 0.457 e. The Morgan fingerprint density at radius 3 is 2.53 bits per heavy atom. The van der Waals surface area contributed by atoms with Crippen molar-refractivity contribution in [1.29, 1.82) is 0 Å². The molecule has 0 fully saturated rings. The second kappa shape index (κ2) is 8.23. The zero-order chi connectivity index (χ0) is 21.1. The van der Waals surface area contributed by atoms with E-state index >= 15 is 0 Å². The van der Waals surface area contributed by atoms with E-state index in [9.17, 15) is 13.2 Å². The minimum atomic E-state index is -3.64. The van der Waals surface area contributed by atoms with Crippen LogP contribution in [-0.4, -0.2) is 26.4 Å². The van der Waals surface area contributed by atoms with Gasteiger partial charge in [-0.1, -0.05) is 35.6 Å². The maximum absolute atomic E-state index is 12.6. The number of carbonyl (C=O) groups excluding carboxylic acids is 1. The average molecular weight is 440 g/mol. The molecule has 0 unspecified atom stereocenters. The van der Waals surface area contributed by atoms with Crippen LogP contribution in [0.15, 0.2) is 77.7 Å². The van der Waals surface area contributed by atoms with E-state index in [1.54, 1.807) is 6.07 Å². The molecule has 0 aliphatic heterocycles. The van der Waals surface area contributed by atoms with Gasteiger partial charge in [0, 0.05) is 11.6 Å². The Bertz CT molecular complexity index is 1320. The summed E-state index contributed by atoms with van der Waals surface area (Å²) in [4.78, 5) is 17.0. The van der Waals surface area contributed by atoms with E-state index in [1.165, 1.54) is 36.6 Å². The molecule has 0 aliphatic rings. The van der Waals surface area contributed by atoms with Crippen LogP contribution in [0.1, 0.15) is 10.4 Å². The van der Waals surface area contributed by atoms with E-state index in [2.05, 4.69) is 15.0 Å². The highest BCUT2D eigenvalue weighted by Gasteiger charge is 2.15. The van der Waals surface area contributed by atoms with Crippen LogP contribution in [-0.2, 0) is 10.0 Å². The topological polar surface area (TPSA) is 97.4 Å². The Morgan fingerprint density at radius 1 is 0.967 bits per heavy atom. The number of amides is 1. The van der Waals surface area contributed by atoms with Gasteiger partial charge in [-0.3, -0.25) is 10.1 Å². The molecule has 1 aromatic heterocycles. The molecule has 152 valence electrons. The maximum atomic E-state index is 12.6. The van der Waals surface area contributed by atoms with Gasteiger partial charge in [-0.25, -0.2) is 18.1 Å². The lowest BCUT2D eigenvalue weighted by Crippen LogP contribution is -2.19. The van der Waals surface area contributed by atoms with Crippen LogP contribution in [0.4, 0.5) is 5.13 Å². The van der Waals surface area contributed by atoms with Gasteiger partial charge >= 0.3 is 0 Å². The fourth-order valence-corrected chi connectivity index (χ4v) is 4.40. The molecule has 4 rings (SSSR count). The molecule has 0 atom stereocenters. The van der Waals surface area contributed by atoms with E-state index in [-0.39, 0.29) is 10.5 Å². The summed E-state index contributed by atoms with van der Waals surface area (Å²) in [5, 5.41) is 3.14. The Kier molecular flexibility index (Phi) is 5.49. The molecule has 2 N–H and O–H groups in total. The lowest BCUT2D eigenvalue weighted by Gasteiger charge is -2.05. The van der Waals surface area contributed by atoms with Crippen LogP contribution in [0.3, 0.4) is 0 Å². The van der Waals surface area contributed by atoms with Crippen molar-refractivity contribution in [2.45, 2.75) is 4.90 Å². The Hall–Kier alpha value is -3.27. The molecule has 1 heterocycles. The van der Waals surface area contributed by atoms with Gasteiger partial charge in [-0.05, 0) is 49.5 Å². The van der Waals surface area contributed by atoms with Gasteiger partial charge in [0.05, 0.1) is 15.1 Å². The molecule has 0 radical (unpaired) electrons. The maximum Gasteiger partial charge on any atom is 0.257 e. The number of nitrogens with one attached hydrogen (secondary N) is 2. The van der Waals surface area contributed by atoms with Crippen molar-refractivity contribution >= 4 is 42.6 Å². The van der Waals surface area contributed by atoms with Gasteiger partial charge in [-0.15, -0.1) is 0 Å². The highest BCUT2D eigenvalue weighted by Crippen LogP contribution is 2.31. The summed E-state index contributed by atoms with van der Waals surface area (Å²) in [6.07, 6.45) is 0. The first-order chi connectivity index (χ1) is 14.4. The average Bonchev–Trinajstić information content (AvgIpc) is 3.16. The van der Waals surface area contributed by atoms with E-state index in [1.807, 2.05) is 48.5 Å². The monoisotopic (exact) mass is 439 g/mol. The fourth-order valence-electron chi connectivity index (χ4n) is 2.74. The van der Waals surface area contributed by atoms with Crippen molar-refractivity contribution in [2.75, 3.05) is 12.4 Å². The molecule has 0 spiro atoms. The third-order valence-corrected chi connectivity index (χ3v) is 6.58. The lowest BCUT2D eigenvalue weighted by molar-refractivity contribution is 0.102. The van der Waals surface area contributed by atoms with E-state index in [4.69, 9.17) is 4.74 Å².